The Bertz CT molecular complexity index is 359. The summed E-state index contributed by atoms with van der Waals surface area (Å²) in [7, 11) is 0. The summed E-state index contributed by atoms with van der Waals surface area (Å²) in [6.45, 7) is 2.09. The second-order valence-electron chi connectivity index (χ2n) is 4.80. The minimum Gasteiger partial charge on any atom is -0.481 e. The fourth-order valence-electron chi connectivity index (χ4n) is 2.51. The molecule has 0 spiro atoms. The van der Waals surface area contributed by atoms with Gasteiger partial charge in [-0.2, -0.15) is 0 Å². The van der Waals surface area contributed by atoms with Gasteiger partial charge in [0.05, 0.1) is 5.92 Å². The highest BCUT2D eigenvalue weighted by molar-refractivity contribution is 5.70. The molecule has 2 heteroatoms. The lowest BCUT2D eigenvalue weighted by atomic mass is 9.78. The molecule has 1 saturated carbocycles. The van der Waals surface area contributed by atoms with Gasteiger partial charge < -0.3 is 5.11 Å². The fraction of sp³-hybridized carbons (Fsp3) is 0.500. The van der Waals surface area contributed by atoms with Crippen LogP contribution in [0.4, 0.5) is 0 Å². The first kappa shape index (κ1) is 11.2. The van der Waals surface area contributed by atoms with Crippen molar-refractivity contribution in [1.29, 1.82) is 0 Å². The van der Waals surface area contributed by atoms with Gasteiger partial charge in [-0.25, -0.2) is 0 Å². The molecule has 86 valence electrons. The zero-order valence-corrected chi connectivity index (χ0v) is 9.65. The Morgan fingerprint density at radius 3 is 2.19 bits per heavy atom. The third-order valence-corrected chi connectivity index (χ3v) is 3.63. The number of carbonyl (C=O) groups is 1. The summed E-state index contributed by atoms with van der Waals surface area (Å²) in [4.78, 5) is 10.8. The van der Waals surface area contributed by atoms with E-state index in [0.717, 1.165) is 25.7 Å². The third-order valence-electron chi connectivity index (χ3n) is 3.63. The number of benzene rings is 1. The lowest BCUT2D eigenvalue weighted by Crippen LogP contribution is -2.20. The molecule has 1 N–H and O–H groups in total. The topological polar surface area (TPSA) is 37.3 Å². The Morgan fingerprint density at radius 2 is 1.69 bits per heavy atom. The number of carboxylic acid groups (broad SMARTS) is 1. The predicted octanol–water partition coefficient (Wildman–Crippen LogP) is 3.35. The molecular formula is C14H18O2. The lowest BCUT2D eigenvalue weighted by molar-refractivity contribution is -0.142. The van der Waals surface area contributed by atoms with Crippen LogP contribution in [0.5, 0.6) is 0 Å². The Morgan fingerprint density at radius 1 is 1.12 bits per heavy atom. The maximum Gasteiger partial charge on any atom is 0.306 e. The molecule has 0 aromatic heterocycles. The van der Waals surface area contributed by atoms with Gasteiger partial charge in [0.1, 0.15) is 0 Å². The number of carboxylic acids is 1. The Labute approximate surface area is 96.3 Å². The van der Waals surface area contributed by atoms with Crippen LogP contribution in [-0.2, 0) is 4.79 Å². The minimum atomic E-state index is -0.623. The molecule has 1 aliphatic rings. The number of rotatable bonds is 2. The van der Waals surface area contributed by atoms with E-state index in [1.807, 2.05) is 0 Å². The molecular weight excluding hydrogens is 200 g/mol. The van der Waals surface area contributed by atoms with E-state index < -0.39 is 5.97 Å². The molecule has 0 heterocycles. The van der Waals surface area contributed by atoms with E-state index in [1.165, 1.54) is 11.1 Å². The summed E-state index contributed by atoms with van der Waals surface area (Å²) >= 11 is 0. The summed E-state index contributed by atoms with van der Waals surface area (Å²) in [5.74, 6) is -0.166. The first-order chi connectivity index (χ1) is 7.66. The van der Waals surface area contributed by atoms with E-state index in [0.29, 0.717) is 5.92 Å². The van der Waals surface area contributed by atoms with Crippen molar-refractivity contribution in [3.63, 3.8) is 0 Å². The second-order valence-corrected chi connectivity index (χ2v) is 4.80. The zero-order chi connectivity index (χ0) is 11.5. The summed E-state index contributed by atoms with van der Waals surface area (Å²) in [6, 6.07) is 8.64. The maximum absolute atomic E-state index is 10.8. The van der Waals surface area contributed by atoms with E-state index in [1.54, 1.807) is 0 Å². The summed E-state index contributed by atoms with van der Waals surface area (Å²) in [5.41, 5.74) is 2.65. The molecule has 0 bridgehead atoms. The van der Waals surface area contributed by atoms with E-state index in [2.05, 4.69) is 31.2 Å². The van der Waals surface area contributed by atoms with Crippen LogP contribution < -0.4 is 0 Å². The molecule has 0 radical (unpaired) electrons. The van der Waals surface area contributed by atoms with Crippen LogP contribution in [0.15, 0.2) is 24.3 Å². The van der Waals surface area contributed by atoms with E-state index in [-0.39, 0.29) is 5.92 Å². The highest BCUT2D eigenvalue weighted by atomic mass is 16.4. The van der Waals surface area contributed by atoms with Crippen LogP contribution in [0.25, 0.3) is 0 Å². The molecule has 0 aliphatic heterocycles. The van der Waals surface area contributed by atoms with Crippen molar-refractivity contribution in [2.24, 2.45) is 5.92 Å². The molecule has 2 nitrogen and oxygen atoms in total. The maximum atomic E-state index is 10.8. The second kappa shape index (κ2) is 4.69. The highest BCUT2D eigenvalue weighted by Crippen LogP contribution is 2.35. The van der Waals surface area contributed by atoms with Crippen molar-refractivity contribution in [2.45, 2.75) is 38.5 Å². The predicted molar refractivity (Wildman–Crippen MR) is 63.5 cm³/mol. The average Bonchev–Trinajstić information content (AvgIpc) is 2.30. The van der Waals surface area contributed by atoms with Crippen LogP contribution >= 0.6 is 0 Å². The number of aryl methyl sites for hydroxylation is 1. The van der Waals surface area contributed by atoms with Crippen LogP contribution in [0.1, 0.15) is 42.7 Å². The van der Waals surface area contributed by atoms with Gasteiger partial charge >= 0.3 is 5.97 Å². The molecule has 1 aromatic rings. The first-order valence-electron chi connectivity index (χ1n) is 5.96. The zero-order valence-electron chi connectivity index (χ0n) is 9.65. The molecule has 1 aliphatic carbocycles. The average molecular weight is 218 g/mol. The smallest absolute Gasteiger partial charge is 0.306 e. The Kier molecular flexibility index (Phi) is 3.28. The number of aliphatic carboxylic acids is 1. The minimum absolute atomic E-state index is 0.110. The Balaban J connectivity index is 1.99. The highest BCUT2D eigenvalue weighted by Gasteiger charge is 2.26. The molecule has 0 atom stereocenters. The van der Waals surface area contributed by atoms with Crippen LogP contribution in [0.3, 0.4) is 0 Å². The molecule has 2 rings (SSSR count). The van der Waals surface area contributed by atoms with Gasteiger partial charge in [-0.05, 0) is 44.1 Å². The number of hydrogen-bond acceptors (Lipinski definition) is 1. The molecule has 0 unspecified atom stereocenters. The third kappa shape index (κ3) is 2.43. The molecule has 0 saturated heterocycles. The first-order valence-corrected chi connectivity index (χ1v) is 5.96. The van der Waals surface area contributed by atoms with Crippen molar-refractivity contribution in [1.82, 2.24) is 0 Å². The normalized spacial score (nSPS) is 25.3. The van der Waals surface area contributed by atoms with Gasteiger partial charge in [0.2, 0.25) is 0 Å². The van der Waals surface area contributed by atoms with Crippen LogP contribution in [0, 0.1) is 12.8 Å². The summed E-state index contributed by atoms with van der Waals surface area (Å²) < 4.78 is 0. The van der Waals surface area contributed by atoms with E-state index in [4.69, 9.17) is 5.11 Å². The van der Waals surface area contributed by atoms with Gasteiger partial charge in [0.25, 0.3) is 0 Å². The standard InChI is InChI=1S/C14H18O2/c1-10-2-4-11(5-3-10)12-6-8-13(9-7-12)14(15)16/h2-5,12-13H,6-9H2,1H3,(H,15,16). The van der Waals surface area contributed by atoms with Crippen molar-refractivity contribution < 1.29 is 9.90 Å². The monoisotopic (exact) mass is 218 g/mol. The molecule has 1 aromatic carbocycles. The quantitative estimate of drug-likeness (QED) is 0.826. The lowest BCUT2D eigenvalue weighted by Gasteiger charge is -2.26. The van der Waals surface area contributed by atoms with Gasteiger partial charge in [-0.15, -0.1) is 0 Å². The van der Waals surface area contributed by atoms with Gasteiger partial charge in [-0.3, -0.25) is 4.79 Å². The molecule has 0 amide bonds. The van der Waals surface area contributed by atoms with Crippen molar-refractivity contribution in [2.75, 3.05) is 0 Å². The van der Waals surface area contributed by atoms with Crippen molar-refractivity contribution >= 4 is 5.97 Å². The van der Waals surface area contributed by atoms with Crippen LogP contribution in [-0.4, -0.2) is 11.1 Å². The SMILES string of the molecule is Cc1ccc(C2CCC(C(=O)O)CC2)cc1. The Hall–Kier alpha value is -1.31. The van der Waals surface area contributed by atoms with Gasteiger partial charge in [0, 0.05) is 0 Å². The largest absolute Gasteiger partial charge is 0.481 e. The fourth-order valence-corrected chi connectivity index (χ4v) is 2.51. The summed E-state index contributed by atoms with van der Waals surface area (Å²) in [6.07, 6.45) is 3.68. The van der Waals surface area contributed by atoms with Crippen molar-refractivity contribution in [3.05, 3.63) is 35.4 Å². The summed E-state index contributed by atoms with van der Waals surface area (Å²) in [5, 5.41) is 8.93. The molecule has 16 heavy (non-hydrogen) atoms. The van der Waals surface area contributed by atoms with Crippen LogP contribution in [0.2, 0.25) is 0 Å². The number of hydrogen-bond donors (Lipinski definition) is 1. The van der Waals surface area contributed by atoms with E-state index in [9.17, 15) is 4.79 Å². The van der Waals surface area contributed by atoms with E-state index >= 15 is 0 Å². The van der Waals surface area contributed by atoms with Gasteiger partial charge in [-0.1, -0.05) is 29.8 Å². The molecule has 1 fully saturated rings. The van der Waals surface area contributed by atoms with Crippen molar-refractivity contribution in [3.8, 4) is 0 Å². The van der Waals surface area contributed by atoms with Gasteiger partial charge in [0.15, 0.2) is 0 Å².